The molecule has 48 heavy (non-hydrogen) atoms. The molecule has 4 aliphatic rings. The number of aromatic carboxylic acids is 1. The number of aromatic nitrogens is 3. The molecule has 1 saturated carbocycles. The van der Waals surface area contributed by atoms with E-state index in [4.69, 9.17) is 21.3 Å². The largest absolute Gasteiger partial charge is 0.522 e. The number of aryl methyl sites for hydroxylation is 3. The molecule has 5 heterocycles. The predicted octanol–water partition coefficient (Wildman–Crippen LogP) is 6.81. The minimum Gasteiger partial charge on any atom is -0.491 e. The number of fused-ring (bicyclic) bond motifs is 5. The van der Waals surface area contributed by atoms with Crippen molar-refractivity contribution in [2.45, 2.75) is 83.5 Å². The van der Waals surface area contributed by atoms with Gasteiger partial charge in [-0.15, -0.1) is 24.5 Å². The molecule has 3 fully saturated rings. The van der Waals surface area contributed by atoms with Crippen molar-refractivity contribution in [3.8, 4) is 16.9 Å². The minimum absolute atomic E-state index is 0.00631. The van der Waals surface area contributed by atoms with E-state index in [1.165, 1.54) is 11.3 Å². The van der Waals surface area contributed by atoms with Crippen LogP contribution in [-0.2, 0) is 24.1 Å². The molecule has 2 saturated heterocycles. The zero-order valence-electron chi connectivity index (χ0n) is 26.3. The summed E-state index contributed by atoms with van der Waals surface area (Å²) in [5.41, 5.74) is 3.96. The fourth-order valence-electron chi connectivity index (χ4n) is 7.79. The second-order valence-electron chi connectivity index (χ2n) is 12.9. The highest BCUT2D eigenvalue weighted by molar-refractivity contribution is 7.18. The molecule has 0 radical (unpaired) electrons. The van der Waals surface area contributed by atoms with Gasteiger partial charge in [-0.1, -0.05) is 11.6 Å². The maximum absolute atomic E-state index is 13.9. The second kappa shape index (κ2) is 12.7. The van der Waals surface area contributed by atoms with E-state index >= 15 is 0 Å². The van der Waals surface area contributed by atoms with Crippen molar-refractivity contribution in [3.63, 3.8) is 0 Å². The summed E-state index contributed by atoms with van der Waals surface area (Å²) in [4.78, 5) is 37.3. The van der Waals surface area contributed by atoms with Gasteiger partial charge in [-0.05, 0) is 82.6 Å². The van der Waals surface area contributed by atoms with Crippen LogP contribution < -0.4 is 10.3 Å². The van der Waals surface area contributed by atoms with Crippen LogP contribution in [0.25, 0.3) is 21.3 Å². The standard InChI is InChI=1S/C34H34ClF3N4O5S/c1-17-11-24(31-30(39-17)26(16-48-31)33(44)45)23-12-20(35)4-8-28(23)46-10-9-41-18(2)40-27-7-6-21(13-25(27)32(41)43)42-15-19-3-5-22(42)14-29(19)47-34(36,37)38/h4,8,11-12,16,19,21-22,29H,3,5-7,9-10,13-15H2,1-2H3,(H,44,45)/t19-,21+,22-,29?/m0/s1. The third-order valence-electron chi connectivity index (χ3n) is 9.95. The Morgan fingerprint density at radius 1 is 1.12 bits per heavy atom. The van der Waals surface area contributed by atoms with Crippen LogP contribution in [0.3, 0.4) is 0 Å². The van der Waals surface area contributed by atoms with Crippen LogP contribution in [-0.4, -0.2) is 68.2 Å². The normalized spacial score (nSPS) is 22.6. The predicted molar refractivity (Wildman–Crippen MR) is 175 cm³/mol. The SMILES string of the molecule is Cc1cc(-c2cc(Cl)ccc2OCCn2c(C)nc3c(c2=O)C[C@H](N2C[C@@H]4CC[C@H]2CC4OC(F)(F)F)CC3)c2scc(C(=O)O)c2n1. The molecule has 8 rings (SSSR count). The number of carbonyl (C=O) groups is 1. The highest BCUT2D eigenvalue weighted by Gasteiger charge is 2.47. The van der Waals surface area contributed by atoms with Crippen molar-refractivity contribution in [1.29, 1.82) is 0 Å². The number of thiophene rings is 1. The average Bonchev–Trinajstić information content (AvgIpc) is 3.46. The molecule has 1 aromatic carbocycles. The Kier molecular flexibility index (Phi) is 8.76. The molecule has 2 aliphatic heterocycles. The van der Waals surface area contributed by atoms with Gasteiger partial charge in [-0.25, -0.2) is 9.78 Å². The quantitative estimate of drug-likeness (QED) is 0.213. The number of halogens is 4. The highest BCUT2D eigenvalue weighted by Crippen LogP contribution is 2.42. The van der Waals surface area contributed by atoms with Gasteiger partial charge in [0.05, 0.1) is 34.1 Å². The number of nitrogens with zero attached hydrogens (tertiary/aromatic N) is 4. The van der Waals surface area contributed by atoms with Gasteiger partial charge >= 0.3 is 12.3 Å². The molecule has 0 spiro atoms. The Bertz CT molecular complexity index is 1960. The smallest absolute Gasteiger partial charge is 0.491 e. The van der Waals surface area contributed by atoms with Gasteiger partial charge in [0.1, 0.15) is 18.2 Å². The molecule has 0 amide bonds. The summed E-state index contributed by atoms with van der Waals surface area (Å²) in [6.07, 6.45) is -1.58. The summed E-state index contributed by atoms with van der Waals surface area (Å²) < 4.78 is 52.0. The van der Waals surface area contributed by atoms with Crippen LogP contribution in [0, 0.1) is 19.8 Å². The number of pyridine rings is 1. The molecule has 3 aromatic heterocycles. The monoisotopic (exact) mass is 702 g/mol. The van der Waals surface area contributed by atoms with E-state index in [1.807, 2.05) is 6.07 Å². The molecule has 1 unspecified atom stereocenters. The Labute approximate surface area is 283 Å². The number of ether oxygens (including phenoxy) is 2. The van der Waals surface area contributed by atoms with E-state index in [0.717, 1.165) is 30.5 Å². The molecule has 9 nitrogen and oxygen atoms in total. The lowest BCUT2D eigenvalue weighted by molar-refractivity contribution is -0.356. The number of benzene rings is 1. The Hall–Kier alpha value is -3.52. The topological polar surface area (TPSA) is 107 Å². The first kappa shape index (κ1) is 33.0. The fourth-order valence-corrected chi connectivity index (χ4v) is 8.98. The molecule has 4 aromatic rings. The van der Waals surface area contributed by atoms with E-state index in [2.05, 4.69) is 14.6 Å². The lowest BCUT2D eigenvalue weighted by atomic mass is 9.75. The summed E-state index contributed by atoms with van der Waals surface area (Å²) in [5, 5.41) is 11.7. The Morgan fingerprint density at radius 2 is 1.94 bits per heavy atom. The minimum atomic E-state index is -4.63. The van der Waals surface area contributed by atoms with E-state index in [9.17, 15) is 27.9 Å². The van der Waals surface area contributed by atoms with Crippen LogP contribution in [0.5, 0.6) is 5.75 Å². The summed E-state index contributed by atoms with van der Waals surface area (Å²) in [6.45, 7) is 4.56. The van der Waals surface area contributed by atoms with E-state index in [0.29, 0.717) is 69.4 Å². The van der Waals surface area contributed by atoms with Gasteiger partial charge in [0.15, 0.2) is 0 Å². The number of carboxylic acids is 1. The van der Waals surface area contributed by atoms with Crippen LogP contribution in [0.4, 0.5) is 13.2 Å². The van der Waals surface area contributed by atoms with E-state index in [-0.39, 0.29) is 42.3 Å². The van der Waals surface area contributed by atoms with Gasteiger partial charge < -0.3 is 9.84 Å². The van der Waals surface area contributed by atoms with E-state index in [1.54, 1.807) is 42.0 Å². The van der Waals surface area contributed by atoms with Gasteiger partial charge in [-0.2, -0.15) is 0 Å². The molecule has 14 heteroatoms. The summed E-state index contributed by atoms with van der Waals surface area (Å²) in [7, 11) is 0. The van der Waals surface area contributed by atoms with Crippen molar-refractivity contribution >= 4 is 39.1 Å². The van der Waals surface area contributed by atoms with Gasteiger partial charge in [-0.3, -0.25) is 24.0 Å². The summed E-state index contributed by atoms with van der Waals surface area (Å²) in [5.74, 6) is -0.105. The van der Waals surface area contributed by atoms with Crippen LogP contribution in [0.1, 0.15) is 58.8 Å². The van der Waals surface area contributed by atoms with Crippen molar-refractivity contribution in [2.24, 2.45) is 5.92 Å². The van der Waals surface area contributed by atoms with Gasteiger partial charge in [0.25, 0.3) is 5.56 Å². The van der Waals surface area contributed by atoms with Crippen LogP contribution in [0.15, 0.2) is 34.4 Å². The summed E-state index contributed by atoms with van der Waals surface area (Å²) >= 11 is 7.69. The zero-order valence-corrected chi connectivity index (χ0v) is 27.9. The number of hydrogen-bond acceptors (Lipinski definition) is 8. The number of hydrogen-bond donors (Lipinski definition) is 1. The lowest BCUT2D eigenvalue weighted by Gasteiger charge is -2.52. The second-order valence-corrected chi connectivity index (χ2v) is 14.2. The maximum atomic E-state index is 13.9. The summed E-state index contributed by atoms with van der Waals surface area (Å²) in [6, 6.07) is 7.19. The Morgan fingerprint density at radius 3 is 2.67 bits per heavy atom. The maximum Gasteiger partial charge on any atom is 0.522 e. The third kappa shape index (κ3) is 6.33. The number of carboxylic acid groups (broad SMARTS) is 1. The molecule has 1 N–H and O–H groups in total. The molecule has 2 aliphatic carbocycles. The first-order valence-corrected chi connectivity index (χ1v) is 17.3. The van der Waals surface area contributed by atoms with Gasteiger partial charge in [0, 0.05) is 51.4 Å². The zero-order chi connectivity index (χ0) is 33.9. The first-order chi connectivity index (χ1) is 22.9. The number of rotatable bonds is 8. The molecular weight excluding hydrogens is 669 g/mol. The number of piperidine rings is 2. The Balaban J connectivity index is 1.09. The molecule has 4 atom stereocenters. The third-order valence-corrected chi connectivity index (χ3v) is 11.2. The molecule has 254 valence electrons. The van der Waals surface area contributed by atoms with Crippen molar-refractivity contribution in [2.75, 3.05) is 13.2 Å². The van der Waals surface area contributed by atoms with Crippen LogP contribution >= 0.6 is 22.9 Å². The fraction of sp³-hybridized carbons (Fsp3) is 0.471. The van der Waals surface area contributed by atoms with Crippen molar-refractivity contribution in [1.82, 2.24) is 19.4 Å². The van der Waals surface area contributed by atoms with Crippen molar-refractivity contribution in [3.05, 3.63) is 73.4 Å². The molecule has 2 bridgehead atoms. The average molecular weight is 703 g/mol. The number of alkyl halides is 3. The van der Waals surface area contributed by atoms with Crippen molar-refractivity contribution < 1.29 is 32.5 Å². The lowest BCUT2D eigenvalue weighted by Crippen LogP contribution is -2.59. The molecular formula is C34H34ClF3N4O5S. The van der Waals surface area contributed by atoms with E-state index < -0.39 is 18.4 Å². The highest BCUT2D eigenvalue weighted by atomic mass is 35.5. The van der Waals surface area contributed by atoms with Crippen LogP contribution in [0.2, 0.25) is 5.02 Å². The van der Waals surface area contributed by atoms with Gasteiger partial charge in [0.2, 0.25) is 0 Å². The first-order valence-electron chi connectivity index (χ1n) is 16.0.